The van der Waals surface area contributed by atoms with Crippen molar-refractivity contribution in [3.8, 4) is 0 Å². The zero-order chi connectivity index (χ0) is 14.1. The van der Waals surface area contributed by atoms with Crippen LogP contribution in [0.2, 0.25) is 0 Å². The van der Waals surface area contributed by atoms with E-state index < -0.39 is 0 Å². The standard InChI is InChI=1S/C16H15N3O/c1-19(2)10-13-11-6-3-4-8-14(11)18-16-12(15(13)20)7-5-9-17-16/h3-9H,10H2,1-2H3. The van der Waals surface area contributed by atoms with E-state index >= 15 is 0 Å². The predicted octanol–water partition coefficient (Wildman–Crippen LogP) is 2.20. The second kappa shape index (κ2) is 4.98. The van der Waals surface area contributed by atoms with Gasteiger partial charge in [0.1, 0.15) is 0 Å². The highest BCUT2D eigenvalue weighted by molar-refractivity contribution is 5.88. The Morgan fingerprint density at radius 3 is 2.60 bits per heavy atom. The summed E-state index contributed by atoms with van der Waals surface area (Å²) in [7, 11) is 3.91. The number of fused-ring (bicyclic) bond motifs is 2. The maximum absolute atomic E-state index is 12.8. The van der Waals surface area contributed by atoms with E-state index in [1.165, 1.54) is 0 Å². The molecular weight excluding hydrogens is 250 g/mol. The number of rotatable bonds is 2. The maximum Gasteiger partial charge on any atom is 0.194 e. The lowest BCUT2D eigenvalue weighted by molar-refractivity contribution is 0.403. The highest BCUT2D eigenvalue weighted by Gasteiger charge is 2.10. The topological polar surface area (TPSA) is 46.1 Å². The van der Waals surface area contributed by atoms with E-state index in [1.807, 2.05) is 43.3 Å². The average molecular weight is 265 g/mol. The summed E-state index contributed by atoms with van der Waals surface area (Å²) >= 11 is 0. The van der Waals surface area contributed by atoms with Crippen LogP contribution in [-0.4, -0.2) is 29.0 Å². The van der Waals surface area contributed by atoms with Gasteiger partial charge in [0.25, 0.3) is 0 Å². The summed E-state index contributed by atoms with van der Waals surface area (Å²) in [6, 6.07) is 11.3. The van der Waals surface area contributed by atoms with Crippen molar-refractivity contribution in [1.82, 2.24) is 14.9 Å². The number of hydrogen-bond donors (Lipinski definition) is 0. The van der Waals surface area contributed by atoms with Crippen LogP contribution in [0.1, 0.15) is 5.56 Å². The Morgan fingerprint density at radius 2 is 1.80 bits per heavy atom. The van der Waals surface area contributed by atoms with Crippen LogP contribution in [0.25, 0.3) is 21.9 Å². The van der Waals surface area contributed by atoms with Crippen molar-refractivity contribution >= 4 is 21.9 Å². The molecule has 0 N–H and O–H groups in total. The van der Waals surface area contributed by atoms with Gasteiger partial charge in [0, 0.05) is 23.7 Å². The molecule has 3 rings (SSSR count). The van der Waals surface area contributed by atoms with Crippen LogP contribution in [0.3, 0.4) is 0 Å². The number of para-hydroxylation sites is 1. The van der Waals surface area contributed by atoms with Crippen molar-refractivity contribution in [2.75, 3.05) is 14.1 Å². The monoisotopic (exact) mass is 265 g/mol. The summed E-state index contributed by atoms with van der Waals surface area (Å²) in [5.41, 5.74) is 2.07. The van der Waals surface area contributed by atoms with Gasteiger partial charge in [0.2, 0.25) is 0 Å². The molecule has 0 unspecified atom stereocenters. The van der Waals surface area contributed by atoms with Gasteiger partial charge in [-0.2, -0.15) is 0 Å². The summed E-state index contributed by atoms with van der Waals surface area (Å²) in [5, 5.41) is 1.46. The van der Waals surface area contributed by atoms with Crippen molar-refractivity contribution in [3.05, 3.63) is 58.4 Å². The highest BCUT2D eigenvalue weighted by atomic mass is 16.1. The number of benzene rings is 1. The van der Waals surface area contributed by atoms with Crippen LogP contribution in [-0.2, 0) is 6.54 Å². The molecule has 0 aliphatic rings. The quantitative estimate of drug-likeness (QED) is 0.712. The van der Waals surface area contributed by atoms with Gasteiger partial charge in [0.05, 0.1) is 10.9 Å². The van der Waals surface area contributed by atoms with Crippen molar-refractivity contribution in [3.63, 3.8) is 0 Å². The minimum absolute atomic E-state index is 0.00972. The van der Waals surface area contributed by atoms with Crippen LogP contribution in [0, 0.1) is 0 Å². The van der Waals surface area contributed by atoms with Gasteiger partial charge in [-0.1, -0.05) is 18.2 Å². The fraction of sp³-hybridized carbons (Fsp3) is 0.188. The first-order chi connectivity index (χ1) is 9.66. The van der Waals surface area contributed by atoms with Crippen LogP contribution >= 0.6 is 0 Å². The lowest BCUT2D eigenvalue weighted by Crippen LogP contribution is -2.17. The molecule has 0 amide bonds. The molecule has 0 radical (unpaired) electrons. The van der Waals surface area contributed by atoms with Crippen LogP contribution in [0.15, 0.2) is 47.4 Å². The summed E-state index contributed by atoms with van der Waals surface area (Å²) in [5.74, 6) is 0. The number of aromatic nitrogens is 2. The predicted molar refractivity (Wildman–Crippen MR) is 80.7 cm³/mol. The Balaban J connectivity index is 2.54. The van der Waals surface area contributed by atoms with Gasteiger partial charge < -0.3 is 4.90 Å². The second-order valence-corrected chi connectivity index (χ2v) is 5.05. The van der Waals surface area contributed by atoms with E-state index in [1.54, 1.807) is 18.3 Å². The molecule has 0 saturated heterocycles. The van der Waals surface area contributed by atoms with E-state index in [4.69, 9.17) is 0 Å². The Kier molecular flexibility index (Phi) is 3.16. The Bertz CT molecular complexity index is 843. The summed E-state index contributed by atoms with van der Waals surface area (Å²) in [6.07, 6.45) is 1.66. The zero-order valence-corrected chi connectivity index (χ0v) is 11.5. The lowest BCUT2D eigenvalue weighted by atomic mass is 10.1. The zero-order valence-electron chi connectivity index (χ0n) is 11.5. The van der Waals surface area contributed by atoms with Gasteiger partial charge in [-0.25, -0.2) is 9.97 Å². The highest BCUT2D eigenvalue weighted by Crippen LogP contribution is 2.17. The SMILES string of the molecule is CN(C)Cc1c(=O)c2cccnc2nc2ccccc12. The van der Waals surface area contributed by atoms with E-state index in [0.717, 1.165) is 16.5 Å². The molecule has 2 aromatic heterocycles. The Morgan fingerprint density at radius 1 is 1.05 bits per heavy atom. The van der Waals surface area contributed by atoms with E-state index in [0.29, 0.717) is 17.6 Å². The van der Waals surface area contributed by atoms with Crippen LogP contribution < -0.4 is 5.43 Å². The summed E-state index contributed by atoms with van der Waals surface area (Å²) < 4.78 is 0. The number of nitrogens with zero attached hydrogens (tertiary/aromatic N) is 3. The first-order valence-corrected chi connectivity index (χ1v) is 6.48. The molecule has 2 heterocycles. The molecule has 100 valence electrons. The van der Waals surface area contributed by atoms with Crippen molar-refractivity contribution in [2.45, 2.75) is 6.54 Å². The normalized spacial score (nSPS) is 11.3. The third-order valence-corrected chi connectivity index (χ3v) is 3.24. The molecule has 0 aliphatic carbocycles. The molecule has 3 aromatic rings. The smallest absolute Gasteiger partial charge is 0.194 e. The molecule has 0 spiro atoms. The molecule has 0 bridgehead atoms. The van der Waals surface area contributed by atoms with Crippen LogP contribution in [0.5, 0.6) is 0 Å². The summed E-state index contributed by atoms with van der Waals surface area (Å²) in [4.78, 5) is 23.5. The number of hydrogen-bond acceptors (Lipinski definition) is 4. The van der Waals surface area contributed by atoms with Crippen molar-refractivity contribution < 1.29 is 0 Å². The van der Waals surface area contributed by atoms with Gasteiger partial charge in [-0.05, 0) is 32.3 Å². The number of pyridine rings is 1. The molecular formula is C16H15N3O. The van der Waals surface area contributed by atoms with Gasteiger partial charge in [0.15, 0.2) is 11.1 Å². The summed E-state index contributed by atoms with van der Waals surface area (Å²) in [6.45, 7) is 0.583. The molecule has 0 atom stereocenters. The maximum atomic E-state index is 12.8. The van der Waals surface area contributed by atoms with Crippen molar-refractivity contribution in [2.24, 2.45) is 0 Å². The minimum Gasteiger partial charge on any atom is -0.305 e. The first-order valence-electron chi connectivity index (χ1n) is 6.48. The molecule has 0 saturated carbocycles. The van der Waals surface area contributed by atoms with Crippen molar-refractivity contribution in [1.29, 1.82) is 0 Å². The molecule has 0 fully saturated rings. The van der Waals surface area contributed by atoms with Crippen LogP contribution in [0.4, 0.5) is 0 Å². The van der Waals surface area contributed by atoms with Gasteiger partial charge in [-0.3, -0.25) is 4.79 Å². The molecule has 0 aliphatic heterocycles. The lowest BCUT2D eigenvalue weighted by Gasteiger charge is -2.09. The molecule has 4 heteroatoms. The molecule has 4 nitrogen and oxygen atoms in total. The van der Waals surface area contributed by atoms with E-state index in [9.17, 15) is 4.79 Å². The fourth-order valence-electron chi connectivity index (χ4n) is 2.36. The average Bonchev–Trinajstić information content (AvgIpc) is 2.55. The minimum atomic E-state index is 0.00972. The second-order valence-electron chi connectivity index (χ2n) is 5.05. The van der Waals surface area contributed by atoms with E-state index in [2.05, 4.69) is 9.97 Å². The molecule has 20 heavy (non-hydrogen) atoms. The Labute approximate surface area is 116 Å². The van der Waals surface area contributed by atoms with Gasteiger partial charge in [-0.15, -0.1) is 0 Å². The van der Waals surface area contributed by atoms with E-state index in [-0.39, 0.29) is 5.43 Å². The fourth-order valence-corrected chi connectivity index (χ4v) is 2.36. The Hall–Kier alpha value is -2.33. The third-order valence-electron chi connectivity index (χ3n) is 3.24. The molecule has 1 aromatic carbocycles. The largest absolute Gasteiger partial charge is 0.305 e. The van der Waals surface area contributed by atoms with Gasteiger partial charge >= 0.3 is 0 Å². The first kappa shape index (κ1) is 12.7. The third kappa shape index (κ3) is 2.14.